The molecule has 0 aromatic rings. The number of nitrogens with zero attached hydrogens (tertiary/aromatic N) is 1. The van der Waals surface area contributed by atoms with Gasteiger partial charge in [-0.25, -0.2) is 0 Å². The van der Waals surface area contributed by atoms with Gasteiger partial charge in [0, 0.05) is 0 Å². The van der Waals surface area contributed by atoms with E-state index < -0.39 is 5.54 Å². The Bertz CT molecular complexity index is 255. The lowest BCUT2D eigenvalue weighted by Crippen LogP contribution is -2.40. The molecule has 66 valence electrons. The molecule has 12 heavy (non-hydrogen) atoms. The average Bonchev–Trinajstić information content (AvgIpc) is 2.29. The van der Waals surface area contributed by atoms with Crippen molar-refractivity contribution in [2.45, 2.75) is 26.3 Å². The van der Waals surface area contributed by atoms with E-state index in [1.54, 1.807) is 6.08 Å². The van der Waals surface area contributed by atoms with Crippen LogP contribution in [0.25, 0.3) is 0 Å². The second-order valence-corrected chi connectivity index (χ2v) is 3.46. The largest absolute Gasteiger partial charge is 0.309 e. The van der Waals surface area contributed by atoms with Crippen LogP contribution in [0.1, 0.15) is 20.8 Å². The Hall–Kier alpha value is -1.12. The highest BCUT2D eigenvalue weighted by molar-refractivity contribution is 6.12. The zero-order chi connectivity index (χ0) is 9.35. The van der Waals surface area contributed by atoms with E-state index in [2.05, 4.69) is 16.9 Å². The standard InChI is InChI=1S/C9H14N2O/c1-5-7-10-8(12)9(4,11-7)6(2)3/h5-6H,1H2,2-4H3,(H,10,11,12)/t9-/m1/s1. The number of amidine groups is 1. The van der Waals surface area contributed by atoms with Crippen molar-refractivity contribution in [2.24, 2.45) is 10.9 Å². The first kappa shape index (κ1) is 8.97. The molecule has 0 fully saturated rings. The first-order valence-electron chi connectivity index (χ1n) is 4.04. The van der Waals surface area contributed by atoms with Gasteiger partial charge >= 0.3 is 0 Å². The van der Waals surface area contributed by atoms with Crippen molar-refractivity contribution in [1.82, 2.24) is 5.32 Å². The first-order valence-corrected chi connectivity index (χ1v) is 4.04. The van der Waals surface area contributed by atoms with Crippen LogP contribution >= 0.6 is 0 Å². The summed E-state index contributed by atoms with van der Waals surface area (Å²) in [6.07, 6.45) is 1.56. The van der Waals surface area contributed by atoms with E-state index >= 15 is 0 Å². The van der Waals surface area contributed by atoms with Gasteiger partial charge < -0.3 is 5.32 Å². The molecule has 0 aromatic heterocycles. The number of carbonyl (C=O) groups excluding carboxylic acids is 1. The molecule has 0 saturated carbocycles. The number of carbonyl (C=O) groups is 1. The predicted octanol–water partition coefficient (Wildman–Crippen LogP) is 1.12. The van der Waals surface area contributed by atoms with Gasteiger partial charge in [-0.3, -0.25) is 9.79 Å². The first-order chi connectivity index (χ1) is 5.50. The van der Waals surface area contributed by atoms with Crippen molar-refractivity contribution in [2.75, 3.05) is 0 Å². The van der Waals surface area contributed by atoms with E-state index in [0.717, 1.165) is 0 Å². The fourth-order valence-corrected chi connectivity index (χ4v) is 1.06. The molecule has 3 heteroatoms. The summed E-state index contributed by atoms with van der Waals surface area (Å²) in [4.78, 5) is 15.7. The summed E-state index contributed by atoms with van der Waals surface area (Å²) < 4.78 is 0. The van der Waals surface area contributed by atoms with Gasteiger partial charge in [0.2, 0.25) is 0 Å². The minimum Gasteiger partial charge on any atom is -0.309 e. The number of hydrogen-bond donors (Lipinski definition) is 1. The quantitative estimate of drug-likeness (QED) is 0.656. The maximum absolute atomic E-state index is 11.4. The molecule has 1 aliphatic rings. The highest BCUT2D eigenvalue weighted by Crippen LogP contribution is 2.25. The number of aliphatic imine (C=N–C) groups is 1. The molecule has 1 amide bonds. The Morgan fingerprint density at radius 1 is 1.67 bits per heavy atom. The lowest BCUT2D eigenvalue weighted by Gasteiger charge is -2.21. The van der Waals surface area contributed by atoms with E-state index in [1.165, 1.54) is 0 Å². The smallest absolute Gasteiger partial charge is 0.253 e. The maximum atomic E-state index is 11.4. The van der Waals surface area contributed by atoms with E-state index in [1.807, 2.05) is 20.8 Å². The van der Waals surface area contributed by atoms with Crippen molar-refractivity contribution >= 4 is 11.7 Å². The van der Waals surface area contributed by atoms with Gasteiger partial charge in [-0.2, -0.15) is 0 Å². The average molecular weight is 166 g/mol. The predicted molar refractivity (Wildman–Crippen MR) is 49.0 cm³/mol. The SMILES string of the molecule is C=CC1=N[C@](C)(C(C)C)C(=O)N1. The summed E-state index contributed by atoms with van der Waals surface area (Å²) in [5.74, 6) is 0.749. The van der Waals surface area contributed by atoms with Gasteiger partial charge in [-0.1, -0.05) is 20.4 Å². The van der Waals surface area contributed by atoms with E-state index in [0.29, 0.717) is 5.84 Å². The molecular weight excluding hydrogens is 152 g/mol. The lowest BCUT2D eigenvalue weighted by atomic mass is 9.89. The Morgan fingerprint density at radius 2 is 2.25 bits per heavy atom. The summed E-state index contributed by atoms with van der Waals surface area (Å²) in [5, 5.41) is 2.67. The molecule has 0 saturated heterocycles. The van der Waals surface area contributed by atoms with Crippen LogP contribution in [0.5, 0.6) is 0 Å². The molecule has 1 aliphatic heterocycles. The van der Waals surface area contributed by atoms with Crippen LogP contribution in [-0.4, -0.2) is 17.3 Å². The molecule has 1 rings (SSSR count). The lowest BCUT2D eigenvalue weighted by molar-refractivity contribution is -0.124. The van der Waals surface area contributed by atoms with Gasteiger partial charge in [-0.15, -0.1) is 0 Å². The van der Waals surface area contributed by atoms with Crippen molar-refractivity contribution in [3.63, 3.8) is 0 Å². The summed E-state index contributed by atoms with van der Waals surface area (Å²) >= 11 is 0. The van der Waals surface area contributed by atoms with Crippen LogP contribution in [0.2, 0.25) is 0 Å². The zero-order valence-electron chi connectivity index (χ0n) is 7.72. The Kier molecular flexibility index (Phi) is 2.04. The molecule has 0 spiro atoms. The third-order valence-electron chi connectivity index (χ3n) is 2.37. The molecule has 0 bridgehead atoms. The summed E-state index contributed by atoms with van der Waals surface area (Å²) in [5.41, 5.74) is -0.608. The van der Waals surface area contributed by atoms with Gasteiger partial charge in [0.15, 0.2) is 0 Å². The fourth-order valence-electron chi connectivity index (χ4n) is 1.06. The fraction of sp³-hybridized carbons (Fsp3) is 0.556. The van der Waals surface area contributed by atoms with Crippen LogP contribution in [0.3, 0.4) is 0 Å². The molecule has 1 N–H and O–H groups in total. The molecule has 3 nitrogen and oxygen atoms in total. The highest BCUT2D eigenvalue weighted by Gasteiger charge is 2.40. The summed E-state index contributed by atoms with van der Waals surface area (Å²) in [6, 6.07) is 0. The Balaban J connectivity index is 2.99. The molecular formula is C9H14N2O. The topological polar surface area (TPSA) is 41.5 Å². The third kappa shape index (κ3) is 1.15. The molecule has 0 radical (unpaired) electrons. The van der Waals surface area contributed by atoms with E-state index in [4.69, 9.17) is 0 Å². The third-order valence-corrected chi connectivity index (χ3v) is 2.37. The summed E-state index contributed by atoms with van der Waals surface area (Å²) in [7, 11) is 0. The van der Waals surface area contributed by atoms with Crippen molar-refractivity contribution < 1.29 is 4.79 Å². The van der Waals surface area contributed by atoms with Crippen molar-refractivity contribution in [3.05, 3.63) is 12.7 Å². The van der Waals surface area contributed by atoms with E-state index in [-0.39, 0.29) is 11.8 Å². The second-order valence-electron chi connectivity index (χ2n) is 3.46. The van der Waals surface area contributed by atoms with Gasteiger partial charge in [0.1, 0.15) is 11.4 Å². The molecule has 0 aliphatic carbocycles. The van der Waals surface area contributed by atoms with Crippen molar-refractivity contribution in [1.29, 1.82) is 0 Å². The second kappa shape index (κ2) is 2.73. The van der Waals surface area contributed by atoms with Crippen molar-refractivity contribution in [3.8, 4) is 0 Å². The van der Waals surface area contributed by atoms with Crippen LogP contribution < -0.4 is 5.32 Å². The normalized spacial score (nSPS) is 28.7. The van der Waals surface area contributed by atoms with Crippen LogP contribution in [-0.2, 0) is 4.79 Å². The Morgan fingerprint density at radius 3 is 2.50 bits per heavy atom. The van der Waals surface area contributed by atoms with Crippen LogP contribution in [0.4, 0.5) is 0 Å². The number of hydrogen-bond acceptors (Lipinski definition) is 2. The van der Waals surface area contributed by atoms with Gasteiger partial charge in [0.05, 0.1) is 0 Å². The highest BCUT2D eigenvalue weighted by atomic mass is 16.2. The van der Waals surface area contributed by atoms with Crippen LogP contribution in [0, 0.1) is 5.92 Å². The summed E-state index contributed by atoms with van der Waals surface area (Å²) in [6.45, 7) is 9.36. The zero-order valence-corrected chi connectivity index (χ0v) is 7.72. The van der Waals surface area contributed by atoms with Gasteiger partial charge in [0.25, 0.3) is 5.91 Å². The molecule has 0 unspecified atom stereocenters. The number of nitrogens with one attached hydrogen (secondary N) is 1. The minimum atomic E-state index is -0.608. The molecule has 1 heterocycles. The van der Waals surface area contributed by atoms with Gasteiger partial charge in [-0.05, 0) is 18.9 Å². The van der Waals surface area contributed by atoms with E-state index in [9.17, 15) is 4.79 Å². The Labute approximate surface area is 72.6 Å². The number of amides is 1. The minimum absolute atomic E-state index is 0.0348. The maximum Gasteiger partial charge on any atom is 0.253 e. The molecule has 1 atom stereocenters. The molecule has 0 aromatic carbocycles. The number of rotatable bonds is 2. The monoisotopic (exact) mass is 166 g/mol. The van der Waals surface area contributed by atoms with Crippen LogP contribution in [0.15, 0.2) is 17.6 Å².